The van der Waals surface area contributed by atoms with Gasteiger partial charge < -0.3 is 15.4 Å². The molecule has 0 aromatic heterocycles. The largest absolute Gasteiger partial charge is 0.497 e. The molecule has 0 bridgehead atoms. The summed E-state index contributed by atoms with van der Waals surface area (Å²) < 4.78 is 5.19. The Morgan fingerprint density at radius 2 is 1.55 bits per heavy atom. The Bertz CT molecular complexity index is 1030. The van der Waals surface area contributed by atoms with Crippen molar-refractivity contribution in [3.8, 4) is 5.75 Å². The molecule has 0 heterocycles. The quantitative estimate of drug-likeness (QED) is 0.467. The molecule has 0 aliphatic carbocycles. The highest BCUT2D eigenvalue weighted by Crippen LogP contribution is 2.19. The van der Waals surface area contributed by atoms with Crippen LogP contribution >= 0.6 is 0 Å². The number of anilines is 1. The molecule has 33 heavy (non-hydrogen) atoms. The molecule has 1 unspecified atom stereocenters. The van der Waals surface area contributed by atoms with Crippen molar-refractivity contribution in [2.24, 2.45) is 0 Å². The summed E-state index contributed by atoms with van der Waals surface area (Å²) in [6.45, 7) is 2.77. The fourth-order valence-corrected chi connectivity index (χ4v) is 3.61. The fraction of sp³-hybridized carbons (Fsp3) is 0.259. The Morgan fingerprint density at radius 1 is 0.879 bits per heavy atom. The van der Waals surface area contributed by atoms with E-state index in [1.54, 1.807) is 19.2 Å². The lowest BCUT2D eigenvalue weighted by molar-refractivity contribution is -0.124. The Morgan fingerprint density at radius 3 is 2.21 bits per heavy atom. The minimum absolute atomic E-state index is 0.115. The predicted molar refractivity (Wildman–Crippen MR) is 131 cm³/mol. The zero-order valence-corrected chi connectivity index (χ0v) is 19.2. The molecule has 3 rings (SSSR count). The van der Waals surface area contributed by atoms with Crippen molar-refractivity contribution in [1.82, 2.24) is 10.2 Å². The van der Waals surface area contributed by atoms with Gasteiger partial charge >= 0.3 is 0 Å². The number of benzene rings is 3. The van der Waals surface area contributed by atoms with E-state index >= 15 is 0 Å². The number of hydrogen-bond donors (Lipinski definition) is 2. The van der Waals surface area contributed by atoms with E-state index in [2.05, 4.69) is 22.8 Å². The molecule has 3 aromatic rings. The first kappa shape index (κ1) is 24.0. The fourth-order valence-electron chi connectivity index (χ4n) is 3.61. The Balaban J connectivity index is 1.59. The molecule has 172 valence electrons. The topological polar surface area (TPSA) is 70.7 Å². The summed E-state index contributed by atoms with van der Waals surface area (Å²) in [5.41, 5.74) is 2.86. The molecule has 2 amide bonds. The number of ether oxygens (including phenoxy) is 1. The minimum atomic E-state index is -0.179. The summed E-state index contributed by atoms with van der Waals surface area (Å²) in [7, 11) is 1.58. The Kier molecular flexibility index (Phi) is 9.03. The summed E-state index contributed by atoms with van der Waals surface area (Å²) in [6, 6.07) is 27.1. The van der Waals surface area contributed by atoms with Crippen molar-refractivity contribution >= 4 is 17.5 Å². The predicted octanol–water partition coefficient (Wildman–Crippen LogP) is 4.06. The third kappa shape index (κ3) is 7.77. The van der Waals surface area contributed by atoms with Gasteiger partial charge in [-0.15, -0.1) is 0 Å². The number of nitrogens with one attached hydrogen (secondary N) is 2. The zero-order chi connectivity index (χ0) is 23.5. The van der Waals surface area contributed by atoms with Gasteiger partial charge in [-0.1, -0.05) is 73.7 Å². The van der Waals surface area contributed by atoms with Gasteiger partial charge in [0.25, 0.3) is 0 Å². The van der Waals surface area contributed by atoms with E-state index in [1.807, 2.05) is 72.5 Å². The number of carbonyl (C=O) groups is 2. The Hall–Kier alpha value is -3.64. The number of likely N-dealkylation sites (N-methyl/N-ethyl adjacent to an activating group) is 1. The van der Waals surface area contributed by atoms with Crippen molar-refractivity contribution in [2.75, 3.05) is 32.1 Å². The third-order valence-corrected chi connectivity index (χ3v) is 5.35. The molecule has 0 aliphatic rings. The number of nitrogens with zero attached hydrogens (tertiary/aromatic N) is 1. The van der Waals surface area contributed by atoms with Crippen LogP contribution in [0, 0.1) is 0 Å². The Labute approximate surface area is 195 Å². The van der Waals surface area contributed by atoms with Gasteiger partial charge in [-0.05, 0) is 36.2 Å². The second kappa shape index (κ2) is 12.4. The first-order chi connectivity index (χ1) is 16.1. The van der Waals surface area contributed by atoms with Crippen LogP contribution in [0.4, 0.5) is 5.69 Å². The maximum Gasteiger partial charge on any atom is 0.238 e. The first-order valence-electron chi connectivity index (χ1n) is 11.1. The van der Waals surface area contributed by atoms with Crippen molar-refractivity contribution < 1.29 is 14.3 Å². The van der Waals surface area contributed by atoms with Crippen LogP contribution in [0.5, 0.6) is 5.75 Å². The molecule has 0 radical (unpaired) electrons. The highest BCUT2D eigenvalue weighted by atomic mass is 16.5. The lowest BCUT2D eigenvalue weighted by Crippen LogP contribution is -2.42. The number of carbonyl (C=O) groups excluding carboxylic acids is 2. The van der Waals surface area contributed by atoms with Gasteiger partial charge in [0, 0.05) is 11.8 Å². The first-order valence-corrected chi connectivity index (χ1v) is 11.1. The van der Waals surface area contributed by atoms with Gasteiger partial charge in [-0.3, -0.25) is 14.5 Å². The third-order valence-electron chi connectivity index (χ3n) is 5.35. The molecule has 1 atom stereocenters. The maximum atomic E-state index is 12.9. The van der Waals surface area contributed by atoms with E-state index in [4.69, 9.17) is 4.74 Å². The molecule has 3 aromatic carbocycles. The summed E-state index contributed by atoms with van der Waals surface area (Å²) in [6.07, 6.45) is 0.693. The van der Waals surface area contributed by atoms with Gasteiger partial charge in [0.2, 0.25) is 11.8 Å². The van der Waals surface area contributed by atoms with Crippen LogP contribution in [-0.2, 0) is 16.0 Å². The van der Waals surface area contributed by atoms with Crippen molar-refractivity contribution in [3.05, 3.63) is 96.1 Å². The minimum Gasteiger partial charge on any atom is -0.497 e. The van der Waals surface area contributed by atoms with Crippen LogP contribution in [0.25, 0.3) is 0 Å². The van der Waals surface area contributed by atoms with Crippen molar-refractivity contribution in [3.63, 3.8) is 0 Å². The van der Waals surface area contributed by atoms with Crippen LogP contribution < -0.4 is 15.4 Å². The molecule has 0 fully saturated rings. The molecule has 2 N–H and O–H groups in total. The van der Waals surface area contributed by atoms with Gasteiger partial charge in [-0.2, -0.15) is 0 Å². The summed E-state index contributed by atoms with van der Waals surface area (Å²) in [5.74, 6) is 0.377. The smallest absolute Gasteiger partial charge is 0.238 e. The van der Waals surface area contributed by atoms with E-state index in [9.17, 15) is 9.59 Å². The van der Waals surface area contributed by atoms with E-state index in [0.717, 1.165) is 11.1 Å². The lowest BCUT2D eigenvalue weighted by atomic mass is 9.99. The number of hydrogen-bond acceptors (Lipinski definition) is 4. The molecular formula is C27H31N3O3. The monoisotopic (exact) mass is 445 g/mol. The van der Waals surface area contributed by atoms with Crippen LogP contribution in [0.15, 0.2) is 84.9 Å². The van der Waals surface area contributed by atoms with Gasteiger partial charge in [0.1, 0.15) is 5.75 Å². The highest BCUT2D eigenvalue weighted by molar-refractivity contribution is 5.92. The standard InChI is InChI=1S/C27H31N3O3/c1-3-30(19-26(31)28-23-15-10-16-24(18-23)33-2)20-27(32)29-25(22-13-8-5-9-14-22)17-21-11-6-4-7-12-21/h4-16,18,25H,3,17,19-20H2,1-2H3,(H,28,31)(H,29,32). The van der Waals surface area contributed by atoms with Crippen molar-refractivity contribution in [2.45, 2.75) is 19.4 Å². The second-order valence-corrected chi connectivity index (χ2v) is 7.80. The summed E-state index contributed by atoms with van der Waals surface area (Å²) in [5, 5.41) is 6.02. The molecular weight excluding hydrogens is 414 g/mol. The number of amides is 2. The van der Waals surface area contributed by atoms with Crippen LogP contribution in [0.3, 0.4) is 0 Å². The van der Waals surface area contributed by atoms with Gasteiger partial charge in [0.05, 0.1) is 26.2 Å². The van der Waals surface area contributed by atoms with E-state index in [-0.39, 0.29) is 30.9 Å². The maximum absolute atomic E-state index is 12.9. The van der Waals surface area contributed by atoms with Crippen LogP contribution in [-0.4, -0.2) is 43.5 Å². The molecule has 0 aliphatic heterocycles. The average Bonchev–Trinajstić information content (AvgIpc) is 2.84. The van der Waals surface area contributed by atoms with E-state index in [0.29, 0.717) is 24.4 Å². The molecule has 0 spiro atoms. The van der Waals surface area contributed by atoms with Crippen LogP contribution in [0.2, 0.25) is 0 Å². The lowest BCUT2D eigenvalue weighted by Gasteiger charge is -2.23. The number of methoxy groups -OCH3 is 1. The second-order valence-electron chi connectivity index (χ2n) is 7.80. The molecule has 0 saturated heterocycles. The van der Waals surface area contributed by atoms with Crippen molar-refractivity contribution in [1.29, 1.82) is 0 Å². The van der Waals surface area contributed by atoms with E-state index in [1.165, 1.54) is 0 Å². The molecule has 6 heteroatoms. The van der Waals surface area contributed by atoms with Gasteiger partial charge in [0.15, 0.2) is 0 Å². The van der Waals surface area contributed by atoms with E-state index < -0.39 is 0 Å². The SMILES string of the molecule is CCN(CC(=O)Nc1cccc(OC)c1)CC(=O)NC(Cc1ccccc1)c1ccccc1. The highest BCUT2D eigenvalue weighted by Gasteiger charge is 2.18. The summed E-state index contributed by atoms with van der Waals surface area (Å²) in [4.78, 5) is 27.2. The normalized spacial score (nSPS) is 11.6. The number of rotatable bonds is 11. The zero-order valence-electron chi connectivity index (χ0n) is 19.2. The van der Waals surface area contributed by atoms with Crippen LogP contribution in [0.1, 0.15) is 24.1 Å². The van der Waals surface area contributed by atoms with Gasteiger partial charge in [-0.25, -0.2) is 0 Å². The summed E-state index contributed by atoms with van der Waals surface area (Å²) >= 11 is 0. The molecule has 6 nitrogen and oxygen atoms in total. The average molecular weight is 446 g/mol. The molecule has 0 saturated carbocycles.